The van der Waals surface area contributed by atoms with Crippen molar-refractivity contribution in [2.45, 2.75) is 67.5 Å². The zero-order valence-corrected chi connectivity index (χ0v) is 24.3. The SMILES string of the molecule is N[C@@H]1CCCN(C(=O)[C@@H](NS(=O)(=O)c2ccc3cc(OC4CCCC4)ccc3c2)C(F)(F)c2ccc(Br)cc2)C1. The molecule has 5 rings (SSSR count). The fraction of sp³-hybridized carbons (Fsp3) is 0.414. The van der Waals surface area contributed by atoms with Crippen LogP contribution in [0.15, 0.2) is 70.0 Å². The summed E-state index contributed by atoms with van der Waals surface area (Å²) < 4.78 is 67.5. The number of carbonyl (C=O) groups excluding carboxylic acids is 1. The number of nitrogens with one attached hydrogen (secondary N) is 1. The Kier molecular flexibility index (Phi) is 8.47. The first-order valence-corrected chi connectivity index (χ1v) is 15.7. The molecule has 0 radical (unpaired) electrons. The van der Waals surface area contributed by atoms with E-state index in [2.05, 4.69) is 20.7 Å². The van der Waals surface area contributed by atoms with Gasteiger partial charge in [0, 0.05) is 29.2 Å². The lowest BCUT2D eigenvalue weighted by Crippen LogP contribution is -2.58. The van der Waals surface area contributed by atoms with Gasteiger partial charge in [-0.2, -0.15) is 13.5 Å². The number of likely N-dealkylation sites (tertiary alicyclic amines) is 1. The molecular formula is C29H32BrF2N3O4S. The first-order chi connectivity index (χ1) is 19.0. The van der Waals surface area contributed by atoms with Crippen molar-refractivity contribution in [1.29, 1.82) is 0 Å². The van der Waals surface area contributed by atoms with Crippen LogP contribution in [0.2, 0.25) is 0 Å². The molecule has 2 aliphatic rings. The van der Waals surface area contributed by atoms with Crippen molar-refractivity contribution in [2.24, 2.45) is 5.73 Å². The molecule has 0 aromatic heterocycles. The van der Waals surface area contributed by atoms with E-state index in [4.69, 9.17) is 10.5 Å². The van der Waals surface area contributed by atoms with E-state index in [1.807, 2.05) is 6.07 Å². The van der Waals surface area contributed by atoms with Crippen molar-refractivity contribution in [3.8, 4) is 5.75 Å². The summed E-state index contributed by atoms with van der Waals surface area (Å²) in [7, 11) is -4.53. The molecule has 0 bridgehead atoms. The summed E-state index contributed by atoms with van der Waals surface area (Å²) in [6, 6.07) is 12.2. The fourth-order valence-corrected chi connectivity index (χ4v) is 6.86. The second kappa shape index (κ2) is 11.7. The van der Waals surface area contributed by atoms with Gasteiger partial charge >= 0.3 is 0 Å². The van der Waals surface area contributed by atoms with E-state index < -0.39 is 33.5 Å². The number of fused-ring (bicyclic) bond motifs is 1. The lowest BCUT2D eigenvalue weighted by Gasteiger charge is -2.36. The average molecular weight is 637 g/mol. The zero-order valence-electron chi connectivity index (χ0n) is 21.9. The van der Waals surface area contributed by atoms with Crippen molar-refractivity contribution in [3.05, 3.63) is 70.7 Å². The Bertz CT molecular complexity index is 1480. The standard InChI is InChI=1S/C29H32BrF2N3O4S/c30-22-11-9-21(10-12-22)29(31,32)27(28(36)35-15-3-4-23(33)18-35)34-40(37,38)26-14-8-19-16-25(13-7-20(19)17-26)39-24-5-1-2-6-24/h7-14,16-17,23-24,27,34H,1-6,15,18,33H2/t23-,27-/m1/s1. The van der Waals surface area contributed by atoms with Crippen LogP contribution in [0.1, 0.15) is 44.1 Å². The zero-order chi connectivity index (χ0) is 28.5. The van der Waals surface area contributed by atoms with Gasteiger partial charge < -0.3 is 15.4 Å². The van der Waals surface area contributed by atoms with Gasteiger partial charge in [0.25, 0.3) is 5.92 Å². The highest BCUT2D eigenvalue weighted by Crippen LogP contribution is 2.35. The van der Waals surface area contributed by atoms with Crippen molar-refractivity contribution in [3.63, 3.8) is 0 Å². The molecule has 3 N–H and O–H groups in total. The molecule has 1 heterocycles. The van der Waals surface area contributed by atoms with Crippen LogP contribution >= 0.6 is 15.9 Å². The Labute approximate surface area is 241 Å². The average Bonchev–Trinajstić information content (AvgIpc) is 3.44. The second-order valence-electron chi connectivity index (χ2n) is 10.6. The van der Waals surface area contributed by atoms with Crippen LogP contribution < -0.4 is 15.2 Å². The Morgan fingerprint density at radius 2 is 1.68 bits per heavy atom. The third kappa shape index (κ3) is 6.32. The number of benzene rings is 3. The van der Waals surface area contributed by atoms with Crippen molar-refractivity contribution < 1.29 is 26.7 Å². The van der Waals surface area contributed by atoms with Crippen LogP contribution in [-0.4, -0.2) is 50.5 Å². The second-order valence-corrected chi connectivity index (χ2v) is 13.2. The quantitative estimate of drug-likeness (QED) is 0.349. The molecule has 1 saturated carbocycles. The van der Waals surface area contributed by atoms with Gasteiger partial charge in [-0.1, -0.05) is 40.2 Å². The number of ether oxygens (including phenoxy) is 1. The maximum atomic E-state index is 15.9. The predicted molar refractivity (Wildman–Crippen MR) is 153 cm³/mol. The predicted octanol–water partition coefficient (Wildman–Crippen LogP) is 5.31. The highest BCUT2D eigenvalue weighted by Gasteiger charge is 2.50. The number of halogens is 3. The van der Waals surface area contributed by atoms with Gasteiger partial charge in [-0.3, -0.25) is 4.79 Å². The Morgan fingerprint density at radius 1 is 1.00 bits per heavy atom. The van der Waals surface area contributed by atoms with E-state index in [1.54, 1.807) is 18.2 Å². The van der Waals surface area contributed by atoms with Gasteiger partial charge in [0.15, 0.2) is 6.04 Å². The third-order valence-electron chi connectivity index (χ3n) is 7.58. The third-order valence-corrected chi connectivity index (χ3v) is 9.53. The number of carbonyl (C=O) groups is 1. The lowest BCUT2D eigenvalue weighted by atomic mass is 9.99. The fourth-order valence-electron chi connectivity index (χ4n) is 5.38. The van der Waals surface area contributed by atoms with Crippen LogP contribution in [0, 0.1) is 0 Å². The monoisotopic (exact) mass is 635 g/mol. The van der Waals surface area contributed by atoms with Crippen LogP contribution in [-0.2, 0) is 20.7 Å². The van der Waals surface area contributed by atoms with Crippen molar-refractivity contribution in [1.82, 2.24) is 9.62 Å². The van der Waals surface area contributed by atoms with E-state index in [0.29, 0.717) is 28.5 Å². The maximum Gasteiger partial charge on any atom is 0.298 e. The summed E-state index contributed by atoms with van der Waals surface area (Å²) in [5, 5.41) is 1.36. The summed E-state index contributed by atoms with van der Waals surface area (Å²) in [6.07, 6.45) is 5.69. The van der Waals surface area contributed by atoms with Crippen LogP contribution in [0.5, 0.6) is 5.75 Å². The molecule has 3 aromatic carbocycles. The molecule has 0 spiro atoms. The summed E-state index contributed by atoms with van der Waals surface area (Å²) >= 11 is 3.22. The molecule has 2 fully saturated rings. The van der Waals surface area contributed by atoms with Crippen LogP contribution in [0.3, 0.4) is 0 Å². The Morgan fingerprint density at radius 3 is 2.38 bits per heavy atom. The Hall–Kier alpha value is -2.60. The van der Waals surface area contributed by atoms with E-state index in [0.717, 1.165) is 31.1 Å². The van der Waals surface area contributed by atoms with E-state index in [-0.39, 0.29) is 30.1 Å². The number of nitrogens with zero attached hydrogens (tertiary/aromatic N) is 1. The number of amides is 1. The normalized spacial score (nSPS) is 19.6. The molecule has 40 heavy (non-hydrogen) atoms. The highest BCUT2D eigenvalue weighted by molar-refractivity contribution is 9.10. The molecule has 0 unspecified atom stereocenters. The van der Waals surface area contributed by atoms with E-state index >= 15 is 8.78 Å². The molecule has 1 aliphatic heterocycles. The largest absolute Gasteiger partial charge is 0.490 e. The number of rotatable bonds is 8. The molecule has 3 aromatic rings. The number of sulfonamides is 1. The molecule has 1 aliphatic carbocycles. The molecule has 7 nitrogen and oxygen atoms in total. The highest BCUT2D eigenvalue weighted by atomic mass is 79.9. The van der Waals surface area contributed by atoms with Crippen molar-refractivity contribution in [2.75, 3.05) is 13.1 Å². The number of hydrogen-bond acceptors (Lipinski definition) is 5. The van der Waals surface area contributed by atoms with Crippen LogP contribution in [0.4, 0.5) is 8.78 Å². The number of alkyl halides is 2. The molecule has 214 valence electrons. The number of hydrogen-bond donors (Lipinski definition) is 2. The minimum Gasteiger partial charge on any atom is -0.490 e. The van der Waals surface area contributed by atoms with Gasteiger partial charge in [-0.25, -0.2) is 8.42 Å². The summed E-state index contributed by atoms with van der Waals surface area (Å²) in [6.45, 7) is 0.303. The topological polar surface area (TPSA) is 102 Å². The lowest BCUT2D eigenvalue weighted by molar-refractivity contribution is -0.145. The van der Waals surface area contributed by atoms with Gasteiger partial charge in [0.05, 0.1) is 11.0 Å². The summed E-state index contributed by atoms with van der Waals surface area (Å²) in [5.74, 6) is -4.15. The van der Waals surface area contributed by atoms with E-state index in [1.165, 1.54) is 41.3 Å². The molecule has 11 heteroatoms. The molecule has 1 saturated heterocycles. The number of nitrogens with two attached hydrogens (primary N) is 1. The first kappa shape index (κ1) is 28.9. The molecular weight excluding hydrogens is 604 g/mol. The minimum absolute atomic E-state index is 0.0781. The van der Waals surface area contributed by atoms with Gasteiger partial charge in [0.2, 0.25) is 15.9 Å². The molecule has 2 atom stereocenters. The van der Waals surface area contributed by atoms with Gasteiger partial charge in [-0.15, -0.1) is 0 Å². The molecule has 1 amide bonds. The summed E-state index contributed by atoms with van der Waals surface area (Å²) in [5.41, 5.74) is 5.51. The minimum atomic E-state index is -4.53. The first-order valence-electron chi connectivity index (χ1n) is 13.4. The summed E-state index contributed by atoms with van der Waals surface area (Å²) in [4.78, 5) is 14.5. The maximum absolute atomic E-state index is 15.9. The van der Waals surface area contributed by atoms with Crippen molar-refractivity contribution >= 4 is 42.6 Å². The van der Waals surface area contributed by atoms with Gasteiger partial charge in [-0.05, 0) is 85.7 Å². The van der Waals surface area contributed by atoms with E-state index in [9.17, 15) is 13.2 Å². The van der Waals surface area contributed by atoms with Crippen LogP contribution in [0.25, 0.3) is 10.8 Å². The van der Waals surface area contributed by atoms with Gasteiger partial charge in [0.1, 0.15) is 5.75 Å². The number of piperidine rings is 1. The smallest absolute Gasteiger partial charge is 0.298 e. The Balaban J connectivity index is 1.44.